The minimum absolute atomic E-state index is 0.0620. The van der Waals surface area contributed by atoms with Gasteiger partial charge in [-0.2, -0.15) is 0 Å². The van der Waals surface area contributed by atoms with Crippen LogP contribution in [0.1, 0.15) is 148 Å². The second-order valence-electron chi connectivity index (χ2n) is 13.5. The van der Waals surface area contributed by atoms with E-state index in [0.717, 1.165) is 103 Å². The maximum atomic E-state index is 13.7. The van der Waals surface area contributed by atoms with E-state index in [1.807, 2.05) is 0 Å². The van der Waals surface area contributed by atoms with E-state index in [1.165, 1.54) is 25.7 Å². The van der Waals surface area contributed by atoms with Crippen LogP contribution in [0.15, 0.2) is 0 Å². The number of amides is 4. The summed E-state index contributed by atoms with van der Waals surface area (Å²) in [6.07, 6.45) is 21.8. The van der Waals surface area contributed by atoms with Gasteiger partial charge in [0.1, 0.15) is 0 Å². The summed E-state index contributed by atoms with van der Waals surface area (Å²) in [6, 6.07) is 0.600. The molecule has 0 saturated heterocycles. The van der Waals surface area contributed by atoms with Crippen LogP contribution in [0.4, 0.5) is 0 Å². The summed E-state index contributed by atoms with van der Waals surface area (Å²) in [7, 11) is 0. The molecule has 4 N–H and O–H groups in total. The number of carbonyl (C=O) groups excluding carboxylic acids is 4. The molecule has 0 heterocycles. The fourth-order valence-corrected chi connectivity index (χ4v) is 7.56. The molecule has 4 fully saturated rings. The van der Waals surface area contributed by atoms with Crippen molar-refractivity contribution in [2.75, 3.05) is 0 Å². The molecule has 4 rings (SSSR count). The lowest BCUT2D eigenvalue weighted by Crippen LogP contribution is -2.46. The molecule has 232 valence electrons. The molecule has 0 spiro atoms. The highest BCUT2D eigenvalue weighted by Crippen LogP contribution is 2.26. The Hall–Kier alpha value is -2.12. The molecule has 4 amide bonds. The van der Waals surface area contributed by atoms with Gasteiger partial charge in [0.05, 0.1) is 0 Å². The Kier molecular flexibility index (Phi) is 13.3. The third-order valence-corrected chi connectivity index (χ3v) is 10.0. The van der Waals surface area contributed by atoms with Gasteiger partial charge >= 0.3 is 0 Å². The van der Waals surface area contributed by atoms with Crippen LogP contribution in [0.2, 0.25) is 0 Å². The minimum Gasteiger partial charge on any atom is -0.353 e. The standard InChI is InChI=1S/C33H56N4O4/c38-30(34-26-13-5-1-6-14-26)22-24(32(40)36-28-17-9-3-10-18-28)21-25(33(41)37-29-19-11-4-12-20-29)23-31(39)35-27-15-7-2-8-16-27/h24-29H,1-23H2,(H,34,38)(H,35,39)(H,36,40)(H,37,41). The molecule has 0 aromatic carbocycles. The zero-order valence-corrected chi connectivity index (χ0v) is 25.4. The van der Waals surface area contributed by atoms with Crippen LogP contribution in [0.5, 0.6) is 0 Å². The van der Waals surface area contributed by atoms with Crippen molar-refractivity contribution in [1.82, 2.24) is 21.3 Å². The highest BCUT2D eigenvalue weighted by atomic mass is 16.2. The van der Waals surface area contributed by atoms with Crippen molar-refractivity contribution in [3.05, 3.63) is 0 Å². The van der Waals surface area contributed by atoms with Gasteiger partial charge in [-0.15, -0.1) is 0 Å². The van der Waals surface area contributed by atoms with E-state index in [1.54, 1.807) is 0 Å². The largest absolute Gasteiger partial charge is 0.353 e. The van der Waals surface area contributed by atoms with E-state index in [9.17, 15) is 19.2 Å². The molecule has 2 atom stereocenters. The summed E-state index contributed by atoms with van der Waals surface area (Å²) in [6.45, 7) is 0. The van der Waals surface area contributed by atoms with Crippen molar-refractivity contribution in [2.24, 2.45) is 11.8 Å². The summed E-state index contributed by atoms with van der Waals surface area (Å²) >= 11 is 0. The van der Waals surface area contributed by atoms with Crippen molar-refractivity contribution < 1.29 is 19.2 Å². The van der Waals surface area contributed by atoms with Crippen LogP contribution in [0.25, 0.3) is 0 Å². The molecule has 0 aromatic rings. The average molecular weight is 573 g/mol. The van der Waals surface area contributed by atoms with Crippen LogP contribution < -0.4 is 21.3 Å². The van der Waals surface area contributed by atoms with Crippen LogP contribution in [-0.4, -0.2) is 47.8 Å². The predicted octanol–water partition coefficient (Wildman–Crippen LogP) is 5.18. The summed E-state index contributed by atoms with van der Waals surface area (Å²) in [5.41, 5.74) is 0. The van der Waals surface area contributed by atoms with Crippen molar-refractivity contribution >= 4 is 23.6 Å². The second-order valence-corrected chi connectivity index (χ2v) is 13.5. The second kappa shape index (κ2) is 17.1. The monoisotopic (exact) mass is 572 g/mol. The maximum Gasteiger partial charge on any atom is 0.223 e. The average Bonchev–Trinajstić information content (AvgIpc) is 2.98. The lowest BCUT2D eigenvalue weighted by Gasteiger charge is -2.30. The highest BCUT2D eigenvalue weighted by Gasteiger charge is 2.34. The van der Waals surface area contributed by atoms with E-state index in [2.05, 4.69) is 21.3 Å². The summed E-state index contributed by atoms with van der Waals surface area (Å²) in [5, 5.41) is 12.8. The molecule has 2 unspecified atom stereocenters. The molecule has 0 aromatic heterocycles. The Morgan fingerprint density at radius 2 is 0.683 bits per heavy atom. The van der Waals surface area contributed by atoms with E-state index in [-0.39, 0.29) is 67.1 Å². The molecule has 8 nitrogen and oxygen atoms in total. The van der Waals surface area contributed by atoms with Crippen LogP contribution in [0, 0.1) is 11.8 Å². The van der Waals surface area contributed by atoms with Gasteiger partial charge in [-0.1, -0.05) is 77.0 Å². The number of hydrogen-bond donors (Lipinski definition) is 4. The van der Waals surface area contributed by atoms with E-state index >= 15 is 0 Å². The summed E-state index contributed by atoms with van der Waals surface area (Å²) in [5.74, 6) is -1.77. The minimum atomic E-state index is -0.634. The first-order chi connectivity index (χ1) is 20.0. The molecule has 0 radical (unpaired) electrons. The third-order valence-electron chi connectivity index (χ3n) is 10.0. The Balaban J connectivity index is 1.44. The van der Waals surface area contributed by atoms with Crippen molar-refractivity contribution in [1.29, 1.82) is 0 Å². The Morgan fingerprint density at radius 1 is 0.415 bits per heavy atom. The lowest BCUT2D eigenvalue weighted by molar-refractivity contribution is -0.135. The van der Waals surface area contributed by atoms with Gasteiger partial charge in [0.2, 0.25) is 23.6 Å². The topological polar surface area (TPSA) is 116 Å². The fourth-order valence-electron chi connectivity index (χ4n) is 7.56. The molecular weight excluding hydrogens is 516 g/mol. The Bertz CT molecular complexity index is 772. The van der Waals surface area contributed by atoms with Crippen molar-refractivity contribution in [2.45, 2.75) is 172 Å². The molecule has 4 saturated carbocycles. The van der Waals surface area contributed by atoms with E-state index < -0.39 is 11.8 Å². The van der Waals surface area contributed by atoms with Gasteiger partial charge in [0, 0.05) is 48.8 Å². The summed E-state index contributed by atoms with van der Waals surface area (Å²) in [4.78, 5) is 53.7. The van der Waals surface area contributed by atoms with Gasteiger partial charge in [-0.3, -0.25) is 19.2 Å². The maximum absolute atomic E-state index is 13.7. The zero-order chi connectivity index (χ0) is 28.9. The quantitative estimate of drug-likeness (QED) is 0.258. The normalized spacial score (nSPS) is 23.2. The molecule has 0 aliphatic heterocycles. The van der Waals surface area contributed by atoms with Crippen LogP contribution in [-0.2, 0) is 19.2 Å². The fraction of sp³-hybridized carbons (Fsp3) is 0.879. The highest BCUT2D eigenvalue weighted by molar-refractivity contribution is 5.89. The number of nitrogens with one attached hydrogen (secondary N) is 4. The molecule has 0 bridgehead atoms. The molecule has 4 aliphatic rings. The van der Waals surface area contributed by atoms with Crippen molar-refractivity contribution in [3.8, 4) is 0 Å². The van der Waals surface area contributed by atoms with E-state index in [4.69, 9.17) is 0 Å². The smallest absolute Gasteiger partial charge is 0.223 e. The van der Waals surface area contributed by atoms with Gasteiger partial charge in [-0.25, -0.2) is 0 Å². The van der Waals surface area contributed by atoms with Crippen LogP contribution >= 0.6 is 0 Å². The molecule has 8 heteroatoms. The zero-order valence-electron chi connectivity index (χ0n) is 25.4. The Morgan fingerprint density at radius 3 is 0.976 bits per heavy atom. The molecule has 4 aliphatic carbocycles. The SMILES string of the molecule is O=C(CC(CC(CC(=O)NC1CCCCC1)C(=O)NC1CCCCC1)C(=O)NC1CCCCC1)NC1CCCCC1. The number of rotatable bonds is 12. The van der Waals surface area contributed by atoms with Crippen LogP contribution in [0.3, 0.4) is 0 Å². The molecular formula is C33H56N4O4. The van der Waals surface area contributed by atoms with Gasteiger partial charge in [0.15, 0.2) is 0 Å². The first-order valence-corrected chi connectivity index (χ1v) is 17.2. The third kappa shape index (κ3) is 11.2. The predicted molar refractivity (Wildman–Crippen MR) is 161 cm³/mol. The number of hydrogen-bond acceptors (Lipinski definition) is 4. The summed E-state index contributed by atoms with van der Waals surface area (Å²) < 4.78 is 0. The van der Waals surface area contributed by atoms with Gasteiger partial charge in [0.25, 0.3) is 0 Å². The Labute approximate surface area is 247 Å². The van der Waals surface area contributed by atoms with Crippen molar-refractivity contribution in [3.63, 3.8) is 0 Å². The number of carbonyl (C=O) groups is 4. The van der Waals surface area contributed by atoms with E-state index in [0.29, 0.717) is 0 Å². The first-order valence-electron chi connectivity index (χ1n) is 17.2. The first kappa shape index (κ1) is 31.8. The lowest BCUT2D eigenvalue weighted by atomic mass is 9.86. The molecule has 41 heavy (non-hydrogen) atoms. The van der Waals surface area contributed by atoms with Gasteiger partial charge in [-0.05, 0) is 57.8 Å². The van der Waals surface area contributed by atoms with Gasteiger partial charge < -0.3 is 21.3 Å².